The summed E-state index contributed by atoms with van der Waals surface area (Å²) in [5, 5.41) is 0. The highest BCUT2D eigenvalue weighted by Gasteiger charge is 2.36. The quantitative estimate of drug-likeness (QED) is 0.697. The number of hydrogen-bond donors (Lipinski definition) is 0. The molecule has 0 bridgehead atoms. The van der Waals surface area contributed by atoms with Crippen molar-refractivity contribution in [2.24, 2.45) is 0 Å². The van der Waals surface area contributed by atoms with E-state index in [-0.39, 0.29) is 12.0 Å². The van der Waals surface area contributed by atoms with Crippen LogP contribution in [0.1, 0.15) is 31.4 Å². The van der Waals surface area contributed by atoms with E-state index in [0.29, 0.717) is 44.9 Å². The fraction of sp³-hybridized carbons (Fsp3) is 0.600. The highest BCUT2D eigenvalue weighted by atomic mass is 32.2. The van der Waals surface area contributed by atoms with Crippen LogP contribution < -0.4 is 4.31 Å². The van der Waals surface area contributed by atoms with Crippen LogP contribution in [-0.4, -0.2) is 75.3 Å². The molecule has 0 N–H and O–H groups in total. The maximum Gasteiger partial charge on any atom is 0.409 e. The van der Waals surface area contributed by atoms with Crippen LogP contribution >= 0.6 is 0 Å². The minimum atomic E-state index is -3.67. The Bertz CT molecular complexity index is 848. The van der Waals surface area contributed by atoms with Crippen LogP contribution in [0.4, 0.5) is 10.5 Å². The van der Waals surface area contributed by atoms with Gasteiger partial charge in [-0.25, -0.2) is 13.2 Å². The van der Waals surface area contributed by atoms with E-state index in [1.54, 1.807) is 35.8 Å². The van der Waals surface area contributed by atoms with Crippen molar-refractivity contribution in [3.05, 3.63) is 29.3 Å². The molecule has 8 nitrogen and oxygen atoms in total. The van der Waals surface area contributed by atoms with Gasteiger partial charge in [0.1, 0.15) is 6.04 Å². The molecule has 1 heterocycles. The average Bonchev–Trinajstić information content (AvgIpc) is 2.67. The van der Waals surface area contributed by atoms with Gasteiger partial charge in [0.15, 0.2) is 0 Å². The van der Waals surface area contributed by atoms with E-state index in [0.717, 1.165) is 17.4 Å². The summed E-state index contributed by atoms with van der Waals surface area (Å²) in [7, 11) is -3.67. The summed E-state index contributed by atoms with van der Waals surface area (Å²) in [4.78, 5) is 28.3. The smallest absolute Gasteiger partial charge is 0.409 e. The lowest BCUT2D eigenvalue weighted by molar-refractivity contribution is -0.134. The van der Waals surface area contributed by atoms with E-state index in [9.17, 15) is 18.0 Å². The molecule has 1 atom stereocenters. The van der Waals surface area contributed by atoms with E-state index >= 15 is 0 Å². The first kappa shape index (κ1) is 23.0. The lowest BCUT2D eigenvalue weighted by Crippen LogP contribution is -2.56. The minimum Gasteiger partial charge on any atom is -0.450 e. The van der Waals surface area contributed by atoms with Crippen molar-refractivity contribution in [3.8, 4) is 0 Å². The van der Waals surface area contributed by atoms with Gasteiger partial charge in [-0.15, -0.1) is 0 Å². The van der Waals surface area contributed by atoms with Gasteiger partial charge in [-0.2, -0.15) is 0 Å². The summed E-state index contributed by atoms with van der Waals surface area (Å²) in [5.41, 5.74) is 2.50. The first-order valence-electron chi connectivity index (χ1n) is 9.87. The number of ether oxygens (including phenoxy) is 1. The normalized spacial score (nSPS) is 15.8. The Kier molecular flexibility index (Phi) is 7.51. The number of nitrogens with zero attached hydrogens (tertiary/aromatic N) is 3. The van der Waals surface area contributed by atoms with E-state index in [2.05, 4.69) is 0 Å². The Morgan fingerprint density at radius 3 is 2.14 bits per heavy atom. The number of piperazine rings is 1. The van der Waals surface area contributed by atoms with E-state index in [4.69, 9.17) is 4.74 Å². The van der Waals surface area contributed by atoms with Gasteiger partial charge in [0.2, 0.25) is 15.9 Å². The molecule has 1 saturated heterocycles. The molecule has 1 aliphatic rings. The molecule has 1 aliphatic heterocycles. The van der Waals surface area contributed by atoms with Gasteiger partial charge < -0.3 is 14.5 Å². The van der Waals surface area contributed by atoms with Crippen molar-refractivity contribution in [1.29, 1.82) is 0 Å². The van der Waals surface area contributed by atoms with Gasteiger partial charge in [0.25, 0.3) is 0 Å². The summed E-state index contributed by atoms with van der Waals surface area (Å²) < 4.78 is 31.5. The molecular weight excluding hydrogens is 394 g/mol. The largest absolute Gasteiger partial charge is 0.450 e. The standard InChI is InChI=1S/C20H31N3O5S/c1-6-18(19(24)21-10-12-22(13-11-21)20(25)28-7-2)23(29(5,26)27)17-9-8-15(3)16(4)14-17/h8-9,14,18H,6-7,10-13H2,1-5H3/t18-/m0/s1. The Hall–Kier alpha value is -2.29. The second-order valence-electron chi connectivity index (χ2n) is 7.26. The lowest BCUT2D eigenvalue weighted by atomic mass is 10.1. The predicted molar refractivity (Wildman–Crippen MR) is 112 cm³/mol. The number of aryl methyl sites for hydroxylation is 2. The Morgan fingerprint density at radius 1 is 1.07 bits per heavy atom. The molecular formula is C20H31N3O5S. The third-order valence-electron chi connectivity index (χ3n) is 5.17. The molecule has 0 unspecified atom stereocenters. The van der Waals surface area contributed by atoms with E-state index in [1.165, 1.54) is 4.31 Å². The minimum absolute atomic E-state index is 0.250. The Balaban J connectivity index is 2.23. The number of hydrogen-bond acceptors (Lipinski definition) is 5. The van der Waals surface area contributed by atoms with E-state index in [1.807, 2.05) is 19.9 Å². The van der Waals surface area contributed by atoms with Crippen molar-refractivity contribution in [1.82, 2.24) is 9.80 Å². The molecule has 162 valence electrons. The predicted octanol–water partition coefficient (Wildman–Crippen LogP) is 2.15. The van der Waals surface area contributed by atoms with Crippen LogP contribution in [0.15, 0.2) is 18.2 Å². The number of carbonyl (C=O) groups is 2. The summed E-state index contributed by atoms with van der Waals surface area (Å²) in [6, 6.07) is 4.56. The maximum absolute atomic E-state index is 13.2. The highest BCUT2D eigenvalue weighted by Crippen LogP contribution is 2.26. The van der Waals surface area contributed by atoms with Gasteiger partial charge in [-0.05, 0) is 50.5 Å². The Labute approximate surface area is 173 Å². The van der Waals surface area contributed by atoms with Gasteiger partial charge in [-0.3, -0.25) is 9.10 Å². The summed E-state index contributed by atoms with van der Waals surface area (Å²) in [5.74, 6) is -0.250. The zero-order valence-electron chi connectivity index (χ0n) is 17.8. The second-order valence-corrected chi connectivity index (χ2v) is 9.12. The summed E-state index contributed by atoms with van der Waals surface area (Å²) in [6.45, 7) is 9.14. The van der Waals surface area contributed by atoms with Crippen LogP contribution in [0.2, 0.25) is 0 Å². The van der Waals surface area contributed by atoms with Crippen molar-refractivity contribution in [3.63, 3.8) is 0 Å². The van der Waals surface area contributed by atoms with Gasteiger partial charge in [0.05, 0.1) is 18.6 Å². The SMILES string of the molecule is CCOC(=O)N1CCN(C(=O)[C@H](CC)N(c2ccc(C)c(C)c2)S(C)(=O)=O)CC1. The number of benzene rings is 1. The van der Waals surface area contributed by atoms with Crippen molar-refractivity contribution in [2.75, 3.05) is 43.3 Å². The molecule has 0 aliphatic carbocycles. The maximum atomic E-state index is 13.2. The number of carbonyl (C=O) groups excluding carboxylic acids is 2. The van der Waals surface area contributed by atoms with Crippen LogP contribution in [0.25, 0.3) is 0 Å². The van der Waals surface area contributed by atoms with Crippen LogP contribution in [0.5, 0.6) is 0 Å². The molecule has 0 aromatic heterocycles. The van der Waals surface area contributed by atoms with Crippen molar-refractivity contribution >= 4 is 27.7 Å². The molecule has 1 aromatic carbocycles. The molecule has 9 heteroatoms. The third-order valence-corrected chi connectivity index (χ3v) is 6.35. The van der Waals surface area contributed by atoms with Gasteiger partial charge in [0, 0.05) is 26.2 Å². The first-order valence-corrected chi connectivity index (χ1v) is 11.7. The number of anilines is 1. The van der Waals surface area contributed by atoms with Gasteiger partial charge in [-0.1, -0.05) is 13.0 Å². The van der Waals surface area contributed by atoms with Crippen LogP contribution in [-0.2, 0) is 19.6 Å². The zero-order valence-corrected chi connectivity index (χ0v) is 18.7. The van der Waals surface area contributed by atoms with Crippen molar-refractivity contribution in [2.45, 2.75) is 40.2 Å². The monoisotopic (exact) mass is 425 g/mol. The molecule has 0 spiro atoms. The molecule has 1 fully saturated rings. The highest BCUT2D eigenvalue weighted by molar-refractivity contribution is 7.92. The topological polar surface area (TPSA) is 87.2 Å². The van der Waals surface area contributed by atoms with Crippen molar-refractivity contribution < 1.29 is 22.7 Å². The first-order chi connectivity index (χ1) is 13.6. The average molecular weight is 426 g/mol. The van der Waals surface area contributed by atoms with Crippen LogP contribution in [0, 0.1) is 13.8 Å². The molecule has 2 rings (SSSR count). The molecule has 2 amide bonds. The number of sulfonamides is 1. The molecule has 0 radical (unpaired) electrons. The second kappa shape index (κ2) is 9.47. The zero-order chi connectivity index (χ0) is 21.8. The molecule has 0 saturated carbocycles. The van der Waals surface area contributed by atoms with Crippen LogP contribution in [0.3, 0.4) is 0 Å². The third kappa shape index (κ3) is 5.41. The summed E-state index contributed by atoms with van der Waals surface area (Å²) >= 11 is 0. The number of amides is 2. The Morgan fingerprint density at radius 2 is 1.66 bits per heavy atom. The number of rotatable bonds is 6. The fourth-order valence-electron chi connectivity index (χ4n) is 3.44. The molecule has 29 heavy (non-hydrogen) atoms. The fourth-order valence-corrected chi connectivity index (χ4v) is 4.64. The lowest BCUT2D eigenvalue weighted by Gasteiger charge is -2.38. The summed E-state index contributed by atoms with van der Waals surface area (Å²) in [6.07, 6.45) is 1.08. The van der Waals surface area contributed by atoms with Gasteiger partial charge >= 0.3 is 6.09 Å². The van der Waals surface area contributed by atoms with E-state index < -0.39 is 16.1 Å². The molecule has 1 aromatic rings.